The second-order valence-electron chi connectivity index (χ2n) is 2.05. The predicted molar refractivity (Wildman–Crippen MR) is 50.6 cm³/mol. The molecule has 5 heteroatoms. The van der Waals surface area contributed by atoms with Crippen molar-refractivity contribution in [2.75, 3.05) is 6.54 Å². The van der Waals surface area contributed by atoms with Crippen molar-refractivity contribution >= 4 is 24.8 Å². The summed E-state index contributed by atoms with van der Waals surface area (Å²) < 4.78 is 0. The number of nitrogens with one attached hydrogen (secondary N) is 1. The van der Waals surface area contributed by atoms with Gasteiger partial charge in [0.2, 0.25) is 0 Å². The van der Waals surface area contributed by atoms with E-state index in [4.69, 9.17) is 5.73 Å². The highest BCUT2D eigenvalue weighted by Crippen LogP contribution is 1.93. The summed E-state index contributed by atoms with van der Waals surface area (Å²) in [6.07, 6.45) is 2.65. The number of hydrogen-bond acceptors (Lipinski definition) is 2. The van der Waals surface area contributed by atoms with Crippen LogP contribution in [0.1, 0.15) is 11.5 Å². The minimum absolute atomic E-state index is 0. The SMILES string of the molecule is Cc1cnc(CCN)[nH]1.Cl.Cl. The fraction of sp³-hybridized carbons (Fsp3) is 0.500. The lowest BCUT2D eigenvalue weighted by Gasteiger charge is -1.87. The van der Waals surface area contributed by atoms with Crippen LogP contribution in [0.2, 0.25) is 0 Å². The van der Waals surface area contributed by atoms with E-state index < -0.39 is 0 Å². The van der Waals surface area contributed by atoms with Gasteiger partial charge in [0.15, 0.2) is 0 Å². The van der Waals surface area contributed by atoms with E-state index >= 15 is 0 Å². The van der Waals surface area contributed by atoms with Crippen molar-refractivity contribution in [1.82, 2.24) is 9.97 Å². The van der Waals surface area contributed by atoms with Crippen LogP contribution in [-0.4, -0.2) is 16.5 Å². The number of nitrogens with zero attached hydrogens (tertiary/aromatic N) is 1. The van der Waals surface area contributed by atoms with Crippen molar-refractivity contribution < 1.29 is 0 Å². The highest BCUT2D eigenvalue weighted by molar-refractivity contribution is 5.85. The molecular weight excluding hydrogens is 185 g/mol. The zero-order chi connectivity index (χ0) is 6.69. The predicted octanol–water partition coefficient (Wildman–Crippen LogP) is 1.06. The number of rotatable bonds is 2. The fourth-order valence-corrected chi connectivity index (χ4v) is 0.731. The summed E-state index contributed by atoms with van der Waals surface area (Å²) in [5, 5.41) is 0. The maximum atomic E-state index is 5.31. The van der Waals surface area contributed by atoms with Crippen molar-refractivity contribution in [1.29, 1.82) is 0 Å². The van der Waals surface area contributed by atoms with Crippen molar-refractivity contribution in [3.05, 3.63) is 17.7 Å². The molecule has 0 unspecified atom stereocenters. The maximum absolute atomic E-state index is 5.31. The van der Waals surface area contributed by atoms with E-state index in [1.54, 1.807) is 0 Å². The van der Waals surface area contributed by atoms with Gasteiger partial charge in [-0.15, -0.1) is 24.8 Å². The third-order valence-corrected chi connectivity index (χ3v) is 1.14. The Kier molecular flexibility index (Phi) is 7.84. The molecule has 0 radical (unpaired) electrons. The van der Waals surface area contributed by atoms with Gasteiger partial charge in [-0.25, -0.2) is 4.98 Å². The molecule has 0 atom stereocenters. The standard InChI is InChI=1S/C6H11N3.2ClH/c1-5-4-8-6(9-5)2-3-7;;/h4H,2-3,7H2,1H3,(H,8,9);2*1H. The summed E-state index contributed by atoms with van der Waals surface area (Å²) in [6.45, 7) is 2.64. The number of halogens is 2. The lowest BCUT2D eigenvalue weighted by atomic mass is 10.4. The molecular formula is C6H13Cl2N3. The van der Waals surface area contributed by atoms with Crippen molar-refractivity contribution in [2.45, 2.75) is 13.3 Å². The highest BCUT2D eigenvalue weighted by atomic mass is 35.5. The van der Waals surface area contributed by atoms with E-state index in [1.807, 2.05) is 13.1 Å². The Hall–Kier alpha value is -0.250. The lowest BCUT2D eigenvalue weighted by Crippen LogP contribution is -2.03. The van der Waals surface area contributed by atoms with Gasteiger partial charge in [0.25, 0.3) is 0 Å². The number of aromatic amines is 1. The van der Waals surface area contributed by atoms with Crippen molar-refractivity contribution in [2.24, 2.45) is 5.73 Å². The van der Waals surface area contributed by atoms with Gasteiger partial charge < -0.3 is 10.7 Å². The topological polar surface area (TPSA) is 54.7 Å². The third-order valence-electron chi connectivity index (χ3n) is 1.14. The molecule has 0 spiro atoms. The normalized spacial score (nSPS) is 8.18. The molecule has 0 fully saturated rings. The van der Waals surface area contributed by atoms with Gasteiger partial charge in [-0.2, -0.15) is 0 Å². The van der Waals surface area contributed by atoms with E-state index in [0.717, 1.165) is 17.9 Å². The Morgan fingerprint density at radius 3 is 2.55 bits per heavy atom. The molecule has 1 aromatic heterocycles. The number of imidazole rings is 1. The van der Waals surface area contributed by atoms with Crippen LogP contribution >= 0.6 is 24.8 Å². The fourth-order valence-electron chi connectivity index (χ4n) is 0.731. The summed E-state index contributed by atoms with van der Waals surface area (Å²) in [5.41, 5.74) is 6.41. The van der Waals surface area contributed by atoms with Crippen LogP contribution in [0.3, 0.4) is 0 Å². The molecule has 0 aliphatic carbocycles. The summed E-state index contributed by atoms with van der Waals surface area (Å²) in [6, 6.07) is 0. The summed E-state index contributed by atoms with van der Waals surface area (Å²) in [7, 11) is 0. The van der Waals surface area contributed by atoms with Gasteiger partial charge in [-0.1, -0.05) is 0 Å². The monoisotopic (exact) mass is 197 g/mol. The first-order valence-corrected chi connectivity index (χ1v) is 3.03. The average molecular weight is 198 g/mol. The minimum Gasteiger partial charge on any atom is -0.346 e. The second kappa shape index (κ2) is 6.46. The molecule has 66 valence electrons. The first-order valence-electron chi connectivity index (χ1n) is 3.03. The average Bonchev–Trinajstić information content (AvgIpc) is 2.17. The van der Waals surface area contributed by atoms with Crippen LogP contribution in [0.4, 0.5) is 0 Å². The molecule has 0 saturated heterocycles. The van der Waals surface area contributed by atoms with Crippen LogP contribution < -0.4 is 5.73 Å². The van der Waals surface area contributed by atoms with Gasteiger partial charge in [0.1, 0.15) is 5.82 Å². The lowest BCUT2D eigenvalue weighted by molar-refractivity contribution is 0.891. The zero-order valence-corrected chi connectivity index (χ0v) is 7.97. The van der Waals surface area contributed by atoms with E-state index in [-0.39, 0.29) is 24.8 Å². The Morgan fingerprint density at radius 1 is 1.55 bits per heavy atom. The van der Waals surface area contributed by atoms with Gasteiger partial charge in [-0.05, 0) is 13.5 Å². The molecule has 1 heterocycles. The zero-order valence-electron chi connectivity index (χ0n) is 6.33. The van der Waals surface area contributed by atoms with Crippen LogP contribution in [0.15, 0.2) is 6.20 Å². The molecule has 1 aromatic rings. The molecule has 1 rings (SSSR count). The first kappa shape index (κ1) is 13.3. The van der Waals surface area contributed by atoms with Crippen LogP contribution in [0.5, 0.6) is 0 Å². The Morgan fingerprint density at radius 2 is 2.18 bits per heavy atom. The van der Waals surface area contributed by atoms with Crippen molar-refractivity contribution in [3.8, 4) is 0 Å². The number of H-pyrrole nitrogens is 1. The third kappa shape index (κ3) is 4.24. The molecule has 3 nitrogen and oxygen atoms in total. The Bertz CT molecular complexity index is 188. The van der Waals surface area contributed by atoms with Crippen LogP contribution in [0, 0.1) is 6.92 Å². The maximum Gasteiger partial charge on any atom is 0.107 e. The van der Waals surface area contributed by atoms with Crippen LogP contribution in [0.25, 0.3) is 0 Å². The molecule has 0 aliphatic heterocycles. The van der Waals surface area contributed by atoms with E-state index in [0.29, 0.717) is 6.54 Å². The quantitative estimate of drug-likeness (QED) is 0.746. The molecule has 0 aromatic carbocycles. The number of nitrogens with two attached hydrogens (primary N) is 1. The summed E-state index contributed by atoms with van der Waals surface area (Å²) in [4.78, 5) is 7.16. The highest BCUT2D eigenvalue weighted by Gasteiger charge is 1.92. The number of aryl methyl sites for hydroxylation is 1. The van der Waals surface area contributed by atoms with E-state index in [1.165, 1.54) is 0 Å². The minimum atomic E-state index is 0. The number of aromatic nitrogens is 2. The van der Waals surface area contributed by atoms with Gasteiger partial charge >= 0.3 is 0 Å². The van der Waals surface area contributed by atoms with Gasteiger partial charge in [0.05, 0.1) is 0 Å². The molecule has 0 saturated carbocycles. The Balaban J connectivity index is 0. The molecule has 11 heavy (non-hydrogen) atoms. The summed E-state index contributed by atoms with van der Waals surface area (Å²) in [5.74, 6) is 0.981. The molecule has 0 amide bonds. The second-order valence-corrected chi connectivity index (χ2v) is 2.05. The first-order chi connectivity index (χ1) is 4.33. The van der Waals surface area contributed by atoms with E-state index in [9.17, 15) is 0 Å². The van der Waals surface area contributed by atoms with Crippen molar-refractivity contribution in [3.63, 3.8) is 0 Å². The van der Waals surface area contributed by atoms with Crippen LogP contribution in [-0.2, 0) is 6.42 Å². The Labute approximate surface area is 78.6 Å². The number of hydrogen-bond donors (Lipinski definition) is 2. The molecule has 0 aliphatic rings. The molecule has 3 N–H and O–H groups in total. The molecule has 0 bridgehead atoms. The summed E-state index contributed by atoms with van der Waals surface area (Å²) >= 11 is 0. The van der Waals surface area contributed by atoms with Gasteiger partial charge in [0, 0.05) is 18.3 Å². The smallest absolute Gasteiger partial charge is 0.107 e. The largest absolute Gasteiger partial charge is 0.346 e. The van der Waals surface area contributed by atoms with Gasteiger partial charge in [-0.3, -0.25) is 0 Å². The van der Waals surface area contributed by atoms with E-state index in [2.05, 4.69) is 9.97 Å².